The number of anilines is 1. The number of allylic oxidation sites excluding steroid dienone is 2. The van der Waals surface area contributed by atoms with Crippen molar-refractivity contribution in [2.75, 3.05) is 12.3 Å². The normalized spacial score (nSPS) is 11.8. The highest BCUT2D eigenvalue weighted by Gasteiger charge is 2.12. The van der Waals surface area contributed by atoms with Crippen LogP contribution in [0.1, 0.15) is 44.0 Å². The van der Waals surface area contributed by atoms with Gasteiger partial charge in [-0.05, 0) is 44.9 Å². The molecule has 0 amide bonds. The van der Waals surface area contributed by atoms with Gasteiger partial charge in [0.25, 0.3) is 0 Å². The van der Waals surface area contributed by atoms with Gasteiger partial charge < -0.3 is 11.5 Å². The summed E-state index contributed by atoms with van der Waals surface area (Å²) in [5.74, 6) is -0.618. The Hall–Kier alpha value is -2.96. The molecular formula is C20H27F2N5. The Balaban J connectivity index is 0.000000289. The summed E-state index contributed by atoms with van der Waals surface area (Å²) in [6.07, 6.45) is 2.55. The summed E-state index contributed by atoms with van der Waals surface area (Å²) in [6.45, 7) is 11.8. The molecule has 0 saturated carbocycles. The maximum atomic E-state index is 12.8. The summed E-state index contributed by atoms with van der Waals surface area (Å²) < 4.78 is 25.6. The van der Waals surface area contributed by atoms with E-state index in [0.29, 0.717) is 11.4 Å². The number of nitrogen functional groups attached to an aromatic ring is 1. The van der Waals surface area contributed by atoms with E-state index in [0.717, 1.165) is 35.5 Å². The third-order valence-electron chi connectivity index (χ3n) is 3.84. The molecule has 0 spiro atoms. The minimum absolute atomic E-state index is 0.0208. The van der Waals surface area contributed by atoms with E-state index in [4.69, 9.17) is 11.5 Å². The number of aromatic nitrogens is 2. The molecule has 7 heteroatoms. The summed E-state index contributed by atoms with van der Waals surface area (Å²) in [5, 5.41) is 6.83. The zero-order valence-electron chi connectivity index (χ0n) is 16.2. The number of rotatable bonds is 5. The molecule has 0 aliphatic heterocycles. The third-order valence-corrected chi connectivity index (χ3v) is 3.84. The molecule has 27 heavy (non-hydrogen) atoms. The van der Waals surface area contributed by atoms with Gasteiger partial charge in [0.05, 0.1) is 5.69 Å². The molecule has 0 atom stereocenters. The van der Waals surface area contributed by atoms with Crippen molar-refractivity contribution in [3.8, 4) is 0 Å². The molecule has 0 radical (unpaired) electrons. The molecule has 0 aliphatic rings. The van der Waals surface area contributed by atoms with E-state index in [2.05, 4.69) is 28.7 Å². The summed E-state index contributed by atoms with van der Waals surface area (Å²) >= 11 is 0. The number of benzene rings is 1. The molecule has 0 bridgehead atoms. The smallest absolute Gasteiger partial charge is 0.148 e. The average molecular weight is 375 g/mol. The van der Waals surface area contributed by atoms with E-state index in [1.807, 2.05) is 13.8 Å². The Morgan fingerprint density at radius 3 is 2.26 bits per heavy atom. The summed E-state index contributed by atoms with van der Waals surface area (Å²) in [7, 11) is 0. The molecule has 1 aromatic carbocycles. The number of H-pyrrole nitrogens is 1. The molecule has 1 heterocycles. The summed E-state index contributed by atoms with van der Waals surface area (Å²) in [5.41, 5.74) is 15.2. The standard InChI is InChI=1S/C11H19N5.C9H8F2/c1-4-5-14-8(3)9(6-12)10-7(2)11(13)16-15-10;1-6(2)9-7(10)4-3-5-8(9)11/h6H,4-5,12H2,1-3H3,(H3,13,15,16);3-5H,1H2,2H3/b9-6+,14-8?;. The largest absolute Gasteiger partial charge is 0.404 e. The Morgan fingerprint density at radius 1 is 1.30 bits per heavy atom. The van der Waals surface area contributed by atoms with Gasteiger partial charge in [0.15, 0.2) is 0 Å². The number of hydrogen-bond donors (Lipinski definition) is 3. The fourth-order valence-electron chi connectivity index (χ4n) is 2.33. The Kier molecular flexibility index (Phi) is 8.38. The van der Waals surface area contributed by atoms with Crippen LogP contribution in [0.25, 0.3) is 11.1 Å². The van der Waals surface area contributed by atoms with Crippen LogP contribution in [-0.2, 0) is 0 Å². The molecule has 0 fully saturated rings. The predicted molar refractivity (Wildman–Crippen MR) is 109 cm³/mol. The lowest BCUT2D eigenvalue weighted by atomic mass is 10.1. The van der Waals surface area contributed by atoms with Gasteiger partial charge in [-0.3, -0.25) is 10.1 Å². The number of halogens is 2. The second-order valence-electron chi connectivity index (χ2n) is 6.03. The van der Waals surface area contributed by atoms with E-state index in [9.17, 15) is 8.78 Å². The average Bonchev–Trinajstić information content (AvgIpc) is 2.93. The van der Waals surface area contributed by atoms with E-state index in [1.165, 1.54) is 24.4 Å². The van der Waals surface area contributed by atoms with Crippen molar-refractivity contribution in [2.45, 2.75) is 34.1 Å². The fourth-order valence-corrected chi connectivity index (χ4v) is 2.33. The lowest BCUT2D eigenvalue weighted by molar-refractivity contribution is 0.577. The first kappa shape index (κ1) is 22.1. The van der Waals surface area contributed by atoms with E-state index < -0.39 is 11.6 Å². The van der Waals surface area contributed by atoms with Crippen LogP contribution in [0.2, 0.25) is 0 Å². The molecule has 2 rings (SSSR count). The maximum Gasteiger partial charge on any atom is 0.148 e. The van der Waals surface area contributed by atoms with Crippen LogP contribution in [0.3, 0.4) is 0 Å². The van der Waals surface area contributed by atoms with Gasteiger partial charge in [0, 0.05) is 35.2 Å². The minimum atomic E-state index is -0.558. The number of nitrogens with one attached hydrogen (secondary N) is 1. The predicted octanol–water partition coefficient (Wildman–Crippen LogP) is 4.47. The third kappa shape index (κ3) is 5.77. The van der Waals surface area contributed by atoms with Crippen LogP contribution in [0.15, 0.2) is 36.0 Å². The summed E-state index contributed by atoms with van der Waals surface area (Å²) in [6, 6.07) is 3.76. The number of hydrogen-bond acceptors (Lipinski definition) is 4. The first-order chi connectivity index (χ1) is 12.7. The quantitative estimate of drug-likeness (QED) is 0.673. The minimum Gasteiger partial charge on any atom is -0.404 e. The van der Waals surface area contributed by atoms with Crippen molar-refractivity contribution in [1.82, 2.24) is 10.2 Å². The number of aliphatic imine (C=N–C) groups is 1. The maximum absolute atomic E-state index is 12.8. The van der Waals surface area contributed by atoms with Gasteiger partial charge >= 0.3 is 0 Å². The van der Waals surface area contributed by atoms with E-state index >= 15 is 0 Å². The monoisotopic (exact) mass is 375 g/mol. The van der Waals surface area contributed by atoms with Gasteiger partial charge in [-0.2, -0.15) is 5.10 Å². The van der Waals surface area contributed by atoms with Crippen molar-refractivity contribution in [1.29, 1.82) is 0 Å². The van der Waals surface area contributed by atoms with Gasteiger partial charge in [-0.25, -0.2) is 8.78 Å². The Morgan fingerprint density at radius 2 is 1.89 bits per heavy atom. The number of aromatic amines is 1. The second-order valence-corrected chi connectivity index (χ2v) is 6.03. The molecule has 2 aromatic rings. The van der Waals surface area contributed by atoms with Crippen molar-refractivity contribution in [3.05, 3.63) is 59.4 Å². The van der Waals surface area contributed by atoms with Crippen LogP contribution < -0.4 is 11.5 Å². The zero-order chi connectivity index (χ0) is 20.6. The van der Waals surface area contributed by atoms with Crippen molar-refractivity contribution >= 4 is 22.7 Å². The first-order valence-corrected chi connectivity index (χ1v) is 8.58. The Bertz CT molecular complexity index is 830. The Labute approximate surface area is 158 Å². The highest BCUT2D eigenvalue weighted by Crippen LogP contribution is 2.21. The topological polar surface area (TPSA) is 93.1 Å². The van der Waals surface area contributed by atoms with Crippen LogP contribution >= 0.6 is 0 Å². The van der Waals surface area contributed by atoms with Crippen LogP contribution in [0, 0.1) is 18.6 Å². The second kappa shape index (κ2) is 10.3. The lowest BCUT2D eigenvalue weighted by Gasteiger charge is -2.05. The molecular weight excluding hydrogens is 348 g/mol. The first-order valence-electron chi connectivity index (χ1n) is 8.58. The lowest BCUT2D eigenvalue weighted by Crippen LogP contribution is -2.03. The van der Waals surface area contributed by atoms with Crippen LogP contribution in [0.4, 0.5) is 14.6 Å². The highest BCUT2D eigenvalue weighted by molar-refractivity contribution is 6.22. The van der Waals surface area contributed by atoms with Crippen molar-refractivity contribution < 1.29 is 8.78 Å². The van der Waals surface area contributed by atoms with Gasteiger partial charge in [0.1, 0.15) is 17.5 Å². The zero-order valence-corrected chi connectivity index (χ0v) is 16.2. The molecule has 0 unspecified atom stereocenters. The summed E-state index contributed by atoms with van der Waals surface area (Å²) in [4.78, 5) is 4.42. The highest BCUT2D eigenvalue weighted by atomic mass is 19.1. The molecule has 5 N–H and O–H groups in total. The van der Waals surface area contributed by atoms with Crippen LogP contribution in [0.5, 0.6) is 0 Å². The van der Waals surface area contributed by atoms with Crippen LogP contribution in [-0.4, -0.2) is 22.5 Å². The molecule has 0 aliphatic carbocycles. The number of nitrogens with two attached hydrogens (primary N) is 2. The fraction of sp³-hybridized carbons (Fsp3) is 0.300. The van der Waals surface area contributed by atoms with Gasteiger partial charge in [-0.1, -0.05) is 19.6 Å². The number of nitrogens with zero attached hydrogens (tertiary/aromatic N) is 2. The van der Waals surface area contributed by atoms with Crippen molar-refractivity contribution in [2.24, 2.45) is 10.7 Å². The van der Waals surface area contributed by atoms with Crippen molar-refractivity contribution in [3.63, 3.8) is 0 Å². The van der Waals surface area contributed by atoms with E-state index in [-0.39, 0.29) is 5.56 Å². The molecule has 0 saturated heterocycles. The van der Waals surface area contributed by atoms with E-state index in [1.54, 1.807) is 6.92 Å². The molecule has 1 aromatic heterocycles. The van der Waals surface area contributed by atoms with Gasteiger partial charge in [-0.15, -0.1) is 0 Å². The SMILES string of the molecule is C=C(C)c1c(F)cccc1F.CCCN=C(C)/C(=C\N)c1[nH]nc(N)c1C. The molecule has 5 nitrogen and oxygen atoms in total. The molecule has 146 valence electrons. The van der Waals surface area contributed by atoms with Gasteiger partial charge in [0.2, 0.25) is 0 Å².